The Kier molecular flexibility index (Phi) is 2.70. The van der Waals surface area contributed by atoms with Crippen molar-refractivity contribution in [2.24, 2.45) is 0 Å². The summed E-state index contributed by atoms with van der Waals surface area (Å²) in [7, 11) is 0. The molecule has 2 heterocycles. The molecule has 0 aliphatic heterocycles. The van der Waals surface area contributed by atoms with E-state index >= 15 is 0 Å². The zero-order valence-corrected chi connectivity index (χ0v) is 9.36. The van der Waals surface area contributed by atoms with Crippen molar-refractivity contribution in [1.29, 1.82) is 0 Å². The number of nitrogens with zero attached hydrogens (tertiary/aromatic N) is 2. The average Bonchev–Trinajstić information content (AvgIpc) is 2.31. The Morgan fingerprint density at radius 1 is 1.06 bits per heavy atom. The van der Waals surface area contributed by atoms with Crippen LogP contribution in [0.5, 0.6) is 0 Å². The molecule has 0 amide bonds. The summed E-state index contributed by atoms with van der Waals surface area (Å²) in [6.07, 6.45) is 7.21. The molecule has 2 nitrogen and oxygen atoms in total. The molecule has 0 aromatic carbocycles. The topological polar surface area (TPSA) is 25.8 Å². The average molecular weight is 208 g/mol. The monoisotopic (exact) mass is 208 g/mol. The summed E-state index contributed by atoms with van der Waals surface area (Å²) < 4.78 is 0. The Hall–Kier alpha value is -2.14. The van der Waals surface area contributed by atoms with Crippen LogP contribution in [-0.4, -0.2) is 9.97 Å². The van der Waals surface area contributed by atoms with Crippen molar-refractivity contribution < 1.29 is 0 Å². The fourth-order valence-electron chi connectivity index (χ4n) is 1.44. The van der Waals surface area contributed by atoms with E-state index in [-0.39, 0.29) is 0 Å². The molecule has 16 heavy (non-hydrogen) atoms. The van der Waals surface area contributed by atoms with Gasteiger partial charge in [-0.3, -0.25) is 4.98 Å². The Morgan fingerprint density at radius 3 is 2.44 bits per heavy atom. The molecule has 2 aromatic rings. The fourth-order valence-corrected chi connectivity index (χ4v) is 1.44. The molecule has 2 aromatic heterocycles. The predicted molar refractivity (Wildman–Crippen MR) is 64.9 cm³/mol. The van der Waals surface area contributed by atoms with E-state index in [9.17, 15) is 0 Å². The van der Waals surface area contributed by atoms with Crippen molar-refractivity contribution in [3.05, 3.63) is 47.3 Å². The molecule has 0 atom stereocenters. The van der Waals surface area contributed by atoms with Crippen molar-refractivity contribution >= 4 is 0 Å². The van der Waals surface area contributed by atoms with Gasteiger partial charge in [0, 0.05) is 6.20 Å². The molecule has 0 unspecified atom stereocenters. The highest BCUT2D eigenvalue weighted by atomic mass is 14.8. The van der Waals surface area contributed by atoms with E-state index in [0.717, 1.165) is 22.5 Å². The minimum absolute atomic E-state index is 0.680. The van der Waals surface area contributed by atoms with Crippen LogP contribution in [0.15, 0.2) is 30.5 Å². The summed E-state index contributed by atoms with van der Waals surface area (Å²) in [6.45, 7) is 3.96. The van der Waals surface area contributed by atoms with Crippen molar-refractivity contribution in [2.75, 3.05) is 0 Å². The Labute approximate surface area is 95.4 Å². The van der Waals surface area contributed by atoms with Gasteiger partial charge in [0.25, 0.3) is 0 Å². The molecule has 0 bridgehead atoms. The highest BCUT2D eigenvalue weighted by Gasteiger charge is 2.03. The molecule has 78 valence electrons. The smallest absolute Gasteiger partial charge is 0.116 e. The number of aromatic nitrogens is 2. The molecule has 2 heteroatoms. The molecule has 0 saturated carbocycles. The molecule has 2 rings (SSSR count). The van der Waals surface area contributed by atoms with Crippen LogP contribution in [0.4, 0.5) is 0 Å². The first-order valence-corrected chi connectivity index (χ1v) is 5.08. The first-order valence-electron chi connectivity index (χ1n) is 5.08. The Balaban J connectivity index is 2.49. The van der Waals surface area contributed by atoms with Crippen LogP contribution < -0.4 is 0 Å². The largest absolute Gasteiger partial charge is 0.254 e. The highest BCUT2D eigenvalue weighted by molar-refractivity contribution is 5.56. The second kappa shape index (κ2) is 4.16. The van der Waals surface area contributed by atoms with Gasteiger partial charge in [-0.25, -0.2) is 4.98 Å². The maximum atomic E-state index is 5.39. The van der Waals surface area contributed by atoms with Crippen molar-refractivity contribution in [1.82, 2.24) is 9.97 Å². The maximum Gasteiger partial charge on any atom is 0.116 e. The third kappa shape index (κ3) is 1.94. The van der Waals surface area contributed by atoms with Gasteiger partial charge in [0.2, 0.25) is 0 Å². The maximum absolute atomic E-state index is 5.39. The molecular weight excluding hydrogens is 196 g/mol. The van der Waals surface area contributed by atoms with Gasteiger partial charge in [-0.05, 0) is 43.0 Å². The van der Waals surface area contributed by atoms with Crippen LogP contribution >= 0.6 is 0 Å². The van der Waals surface area contributed by atoms with Gasteiger partial charge in [-0.1, -0.05) is 12.1 Å². The van der Waals surface area contributed by atoms with E-state index < -0.39 is 0 Å². The summed E-state index contributed by atoms with van der Waals surface area (Å²) >= 11 is 0. The second-order valence-corrected chi connectivity index (χ2v) is 3.73. The van der Waals surface area contributed by atoms with Gasteiger partial charge in [-0.2, -0.15) is 0 Å². The van der Waals surface area contributed by atoms with Crippen LogP contribution in [0.1, 0.15) is 16.8 Å². The van der Waals surface area contributed by atoms with E-state index in [0.29, 0.717) is 5.69 Å². The molecular formula is C14H12N2. The number of hydrogen-bond acceptors (Lipinski definition) is 2. The standard InChI is InChI=1S/C14H12N2/c1-4-12-11(3)6-8-14(16-12)13-7-5-10(2)9-15-13/h1,5-9H,2-3H3. The van der Waals surface area contributed by atoms with Crippen LogP contribution in [0, 0.1) is 26.2 Å². The van der Waals surface area contributed by atoms with Crippen molar-refractivity contribution in [3.63, 3.8) is 0 Å². The van der Waals surface area contributed by atoms with Gasteiger partial charge in [-0.15, -0.1) is 6.42 Å². The third-order valence-corrected chi connectivity index (χ3v) is 2.41. The summed E-state index contributed by atoms with van der Waals surface area (Å²) in [4.78, 5) is 8.71. The van der Waals surface area contributed by atoms with Crippen LogP contribution in [-0.2, 0) is 0 Å². The lowest BCUT2D eigenvalue weighted by Gasteiger charge is -2.03. The first-order chi connectivity index (χ1) is 7.70. The molecule has 0 radical (unpaired) electrons. The van der Waals surface area contributed by atoms with E-state index in [2.05, 4.69) is 15.9 Å². The van der Waals surface area contributed by atoms with E-state index in [4.69, 9.17) is 6.42 Å². The molecule has 0 aliphatic rings. The number of rotatable bonds is 1. The van der Waals surface area contributed by atoms with Gasteiger partial charge < -0.3 is 0 Å². The van der Waals surface area contributed by atoms with Gasteiger partial charge in [0.1, 0.15) is 5.69 Å². The third-order valence-electron chi connectivity index (χ3n) is 2.41. The minimum atomic E-state index is 0.680. The lowest BCUT2D eigenvalue weighted by atomic mass is 10.1. The molecule has 0 spiro atoms. The lowest BCUT2D eigenvalue weighted by molar-refractivity contribution is 1.19. The van der Waals surface area contributed by atoms with Crippen molar-refractivity contribution in [3.8, 4) is 23.7 Å². The molecule has 0 saturated heterocycles. The highest BCUT2D eigenvalue weighted by Crippen LogP contribution is 2.16. The summed E-state index contributed by atoms with van der Waals surface area (Å²) in [5, 5.41) is 0. The molecule has 0 fully saturated rings. The lowest BCUT2D eigenvalue weighted by Crippen LogP contribution is -1.93. The minimum Gasteiger partial charge on any atom is -0.254 e. The van der Waals surface area contributed by atoms with Crippen LogP contribution in [0.3, 0.4) is 0 Å². The van der Waals surface area contributed by atoms with Crippen LogP contribution in [0.2, 0.25) is 0 Å². The molecule has 0 N–H and O–H groups in total. The summed E-state index contributed by atoms with van der Waals surface area (Å²) in [6, 6.07) is 7.87. The van der Waals surface area contributed by atoms with Gasteiger partial charge in [0.05, 0.1) is 11.4 Å². The van der Waals surface area contributed by atoms with E-state index in [1.54, 1.807) is 0 Å². The predicted octanol–water partition coefficient (Wildman–Crippen LogP) is 2.74. The number of hydrogen-bond donors (Lipinski definition) is 0. The summed E-state index contributed by atoms with van der Waals surface area (Å²) in [5.41, 5.74) is 4.49. The fraction of sp³-hybridized carbons (Fsp3) is 0.143. The van der Waals surface area contributed by atoms with E-state index in [1.807, 2.05) is 44.3 Å². The second-order valence-electron chi connectivity index (χ2n) is 3.73. The number of terminal acetylenes is 1. The van der Waals surface area contributed by atoms with Gasteiger partial charge >= 0.3 is 0 Å². The Morgan fingerprint density at radius 2 is 1.81 bits per heavy atom. The molecule has 0 aliphatic carbocycles. The Bertz CT molecular complexity index is 548. The zero-order valence-electron chi connectivity index (χ0n) is 9.36. The normalized spacial score (nSPS) is 9.81. The van der Waals surface area contributed by atoms with E-state index in [1.165, 1.54) is 0 Å². The van der Waals surface area contributed by atoms with Gasteiger partial charge in [0.15, 0.2) is 0 Å². The zero-order chi connectivity index (χ0) is 11.5. The van der Waals surface area contributed by atoms with Crippen LogP contribution in [0.25, 0.3) is 11.4 Å². The van der Waals surface area contributed by atoms with Crippen molar-refractivity contribution in [2.45, 2.75) is 13.8 Å². The summed E-state index contributed by atoms with van der Waals surface area (Å²) in [5.74, 6) is 2.58. The number of pyridine rings is 2. The number of aryl methyl sites for hydroxylation is 2. The quantitative estimate of drug-likeness (QED) is 0.673. The first kappa shape index (κ1) is 10.4. The SMILES string of the molecule is C#Cc1nc(-c2ccc(C)cn2)ccc1C.